The molecule has 10 heavy (non-hydrogen) atoms. The Morgan fingerprint density at radius 1 is 0.800 bits per heavy atom. The minimum atomic E-state index is -5.39. The Morgan fingerprint density at radius 2 is 0.800 bits per heavy atom. The van der Waals surface area contributed by atoms with Gasteiger partial charge in [-0.3, -0.25) is 0 Å². The van der Waals surface area contributed by atoms with Crippen molar-refractivity contribution >= 4 is 7.82 Å². The van der Waals surface area contributed by atoms with Gasteiger partial charge in [0.25, 0.3) is 0 Å². The summed E-state index contributed by atoms with van der Waals surface area (Å²) in [5.41, 5.74) is 0. The van der Waals surface area contributed by atoms with E-state index < -0.39 is 7.82 Å². The van der Waals surface area contributed by atoms with E-state index in [-0.39, 0.29) is 230 Å². The first-order valence-corrected chi connectivity index (χ1v) is 2.19. The third-order valence-electron chi connectivity index (χ3n) is 0. The molecule has 0 N–H and O–H groups in total. The predicted octanol–water partition coefficient (Wildman–Crippen LogP) is -11.8. The van der Waals surface area contributed by atoms with Gasteiger partial charge in [-0.25, -0.2) is 0 Å². The summed E-state index contributed by atoms with van der Waals surface area (Å²) in [6.07, 6.45) is 0. The van der Waals surface area contributed by atoms with Crippen molar-refractivity contribution < 1.29 is 249 Å². The van der Waals surface area contributed by atoms with Gasteiger partial charge in [-0.2, -0.15) is 7.82 Å². The number of hydrogen-bond acceptors (Lipinski definition) is 4. The Morgan fingerprint density at radius 3 is 0.800 bits per heavy atom. The fraction of sp³-hybridized carbons (Fsp3) is 0. The Balaban J connectivity index is -0.00000000800. The third-order valence-corrected chi connectivity index (χ3v) is 0. The smallest absolute Gasteiger partial charge is 0.822 e. The molecule has 0 fully saturated rings. The topological polar surface area (TPSA) is 86.2 Å². The van der Waals surface area contributed by atoms with Crippen LogP contribution in [0.4, 0.5) is 0 Å². The monoisotopic (exact) mass is 292 g/mol. The number of rotatable bonds is 0. The van der Waals surface area contributed by atoms with Crippen LogP contribution in [0.1, 0.15) is 0 Å². The van der Waals surface area contributed by atoms with Gasteiger partial charge >= 0.3 is 154 Å². The van der Waals surface area contributed by atoms with Crippen LogP contribution in [0.2, 0.25) is 0 Å². The first kappa shape index (κ1) is 36.0. The fourth-order valence-electron chi connectivity index (χ4n) is 0. The van der Waals surface area contributed by atoms with Gasteiger partial charge < -0.3 is 19.2 Å². The molecule has 0 rings (SSSR count). The summed E-state index contributed by atoms with van der Waals surface area (Å²) >= 11 is 0. The van der Waals surface area contributed by atoms with E-state index in [1.807, 2.05) is 0 Å². The molecule has 0 radical (unpaired) electrons. The average molecular weight is 292 g/mol. The quantitative estimate of drug-likeness (QED) is 0.328. The van der Waals surface area contributed by atoms with Crippen LogP contribution in [-0.4, -0.2) is 0 Å². The van der Waals surface area contributed by atoms with Crippen molar-refractivity contribution in [2.24, 2.45) is 0 Å². The van der Waals surface area contributed by atoms with Crippen molar-refractivity contribution in [3.8, 4) is 0 Å². The molecular formula is Ar2K3O4P. The molecule has 0 saturated carbocycles. The molecule has 0 heterocycles. The molecule has 0 aromatic carbocycles. The summed E-state index contributed by atoms with van der Waals surface area (Å²) in [6, 6.07) is 0. The molecule has 0 unspecified atom stereocenters. The minimum Gasteiger partial charge on any atom is -0.822 e. The van der Waals surface area contributed by atoms with E-state index in [1.165, 1.54) is 0 Å². The molecule has 10 heteroatoms. The van der Waals surface area contributed by atoms with E-state index >= 15 is 0 Å². The van der Waals surface area contributed by atoms with Crippen molar-refractivity contribution in [1.82, 2.24) is 0 Å². The molecule has 0 bridgehead atoms. The molecule has 0 spiro atoms. The van der Waals surface area contributed by atoms with E-state index in [0.29, 0.717) is 0 Å². The third kappa shape index (κ3) is 57.8. The molecule has 0 saturated heterocycles. The van der Waals surface area contributed by atoms with Gasteiger partial charge in [0, 0.05) is 75.5 Å². The van der Waals surface area contributed by atoms with Gasteiger partial charge in [-0.05, 0) is 0 Å². The van der Waals surface area contributed by atoms with Gasteiger partial charge in [0.05, 0.1) is 0 Å². The molecule has 4 nitrogen and oxygen atoms in total. The normalized spacial score (nSPS) is 5.90. The molecule has 0 aliphatic heterocycles. The van der Waals surface area contributed by atoms with Crippen LogP contribution in [-0.2, 0) is 4.57 Å². The molecule has 0 aromatic heterocycles. The zero-order valence-corrected chi connectivity index (χ0v) is 17.5. The second-order valence-corrected chi connectivity index (χ2v) is 1.34. The van der Waals surface area contributed by atoms with Crippen LogP contribution in [0.15, 0.2) is 0 Å². The minimum absolute atomic E-state index is 0. The Bertz CT molecular complexity index is 64.6. The summed E-state index contributed by atoms with van der Waals surface area (Å²) in [6.45, 7) is 0. The molecule has 48 valence electrons. The maximum Gasteiger partial charge on any atom is 1.00 e. The molecule has 0 amide bonds. The molecular weight excluding hydrogens is 292 g/mol. The van der Waals surface area contributed by atoms with Crippen LogP contribution in [0.3, 0.4) is 0 Å². The zero-order valence-electron chi connectivity index (χ0n) is 5.79. The number of phosphoric acid groups is 1. The van der Waals surface area contributed by atoms with Gasteiger partial charge in [0.15, 0.2) is 0 Å². The fourth-order valence-corrected chi connectivity index (χ4v) is 0. The van der Waals surface area contributed by atoms with Crippen molar-refractivity contribution in [3.63, 3.8) is 0 Å². The zero-order chi connectivity index (χ0) is 4.50. The summed E-state index contributed by atoms with van der Waals surface area (Å²) in [5, 5.41) is 0. The van der Waals surface area contributed by atoms with Crippen molar-refractivity contribution in [1.29, 1.82) is 0 Å². The van der Waals surface area contributed by atoms with Crippen LogP contribution in [0.25, 0.3) is 0 Å². The van der Waals surface area contributed by atoms with E-state index in [0.717, 1.165) is 0 Å². The van der Waals surface area contributed by atoms with E-state index in [1.54, 1.807) is 0 Å². The van der Waals surface area contributed by atoms with Gasteiger partial charge in [-0.1, -0.05) is 0 Å². The van der Waals surface area contributed by atoms with Crippen molar-refractivity contribution in [3.05, 3.63) is 0 Å². The summed E-state index contributed by atoms with van der Waals surface area (Å²) in [4.78, 5) is 25.6. The van der Waals surface area contributed by atoms with Crippen molar-refractivity contribution in [2.45, 2.75) is 0 Å². The van der Waals surface area contributed by atoms with Gasteiger partial charge in [0.2, 0.25) is 0 Å². The van der Waals surface area contributed by atoms with E-state index in [2.05, 4.69) is 0 Å². The van der Waals surface area contributed by atoms with E-state index in [9.17, 15) is 0 Å². The molecule has 0 aliphatic carbocycles. The molecule has 0 aromatic rings. The van der Waals surface area contributed by atoms with Crippen LogP contribution < -0.4 is 169 Å². The second-order valence-electron chi connectivity index (χ2n) is 0.447. The van der Waals surface area contributed by atoms with Crippen LogP contribution >= 0.6 is 7.82 Å². The first-order chi connectivity index (χ1) is 2.00. The average Bonchev–Trinajstić information content (AvgIpc) is 0.722. The number of hydrogen-bond donors (Lipinski definition) is 0. The van der Waals surface area contributed by atoms with Gasteiger partial charge in [0.1, 0.15) is 0 Å². The molecule has 0 aliphatic rings. The van der Waals surface area contributed by atoms with Crippen molar-refractivity contribution in [2.75, 3.05) is 0 Å². The van der Waals surface area contributed by atoms with Gasteiger partial charge in [-0.15, -0.1) is 0 Å². The van der Waals surface area contributed by atoms with Crippen LogP contribution in [0, 0.1) is 75.5 Å². The summed E-state index contributed by atoms with van der Waals surface area (Å²) in [5.74, 6) is 0. The molecule has 0 atom stereocenters. The largest absolute Gasteiger partial charge is 1.00 e. The predicted molar refractivity (Wildman–Crippen MR) is 7.61 cm³/mol. The Labute approximate surface area is 247 Å². The maximum atomic E-state index is 8.55. The summed E-state index contributed by atoms with van der Waals surface area (Å²) < 4.78 is 8.55. The maximum absolute atomic E-state index is 8.55. The Hall–Kier alpha value is 7.54. The summed E-state index contributed by atoms with van der Waals surface area (Å²) in [7, 11) is -5.39. The first-order valence-electron chi connectivity index (χ1n) is 0.730. The standard InChI is InChI=1S/2Ar.3K.H3O4P/c;;;;;1-5(2,3)4/h;;;;;(H3,1,2,3,4)/q;;3*+1;/p-3. The van der Waals surface area contributed by atoms with Crippen LogP contribution in [0.5, 0.6) is 0 Å². The SMILES string of the molecule is O=P([O-])([O-])[O-].[Ar].[Ar].[K+].[K+].[K+]. The second kappa shape index (κ2) is 21.8. The van der Waals surface area contributed by atoms with E-state index in [4.69, 9.17) is 19.2 Å². The Kier molecular flexibility index (Phi) is 78.5.